The van der Waals surface area contributed by atoms with Gasteiger partial charge in [-0.3, -0.25) is 0 Å². The van der Waals surface area contributed by atoms with Crippen molar-refractivity contribution in [3.63, 3.8) is 0 Å². The summed E-state index contributed by atoms with van der Waals surface area (Å²) in [5, 5.41) is 3.38. The number of pyridine rings is 1. The molecule has 0 aliphatic carbocycles. The summed E-state index contributed by atoms with van der Waals surface area (Å²) in [6, 6.07) is 4.37. The van der Waals surface area contributed by atoms with Crippen molar-refractivity contribution in [2.45, 2.75) is 32.7 Å². The summed E-state index contributed by atoms with van der Waals surface area (Å²) in [6.45, 7) is 4.45. The molecular formula is C13H22N2O. The first-order valence-electron chi connectivity index (χ1n) is 5.94. The summed E-state index contributed by atoms with van der Waals surface area (Å²) >= 11 is 0. The van der Waals surface area contributed by atoms with Gasteiger partial charge in [-0.25, -0.2) is 4.98 Å². The monoisotopic (exact) mass is 222 g/mol. The summed E-state index contributed by atoms with van der Waals surface area (Å²) in [4.78, 5) is 4.25. The Bertz CT molecular complexity index is 311. The fourth-order valence-corrected chi connectivity index (χ4v) is 2.22. The van der Waals surface area contributed by atoms with Crippen LogP contribution in [0.5, 0.6) is 5.88 Å². The molecule has 0 radical (unpaired) electrons. The molecule has 0 amide bonds. The van der Waals surface area contributed by atoms with Crippen LogP contribution in [0, 0.1) is 5.92 Å². The average molecular weight is 222 g/mol. The lowest BCUT2D eigenvalue weighted by Crippen LogP contribution is -2.25. The zero-order valence-electron chi connectivity index (χ0n) is 10.7. The molecule has 1 rings (SSSR count). The van der Waals surface area contributed by atoms with E-state index in [-0.39, 0.29) is 0 Å². The Kier molecular flexibility index (Phi) is 5.26. The van der Waals surface area contributed by atoms with E-state index in [1.807, 2.05) is 13.1 Å². The van der Waals surface area contributed by atoms with Gasteiger partial charge in [0, 0.05) is 17.8 Å². The van der Waals surface area contributed by atoms with Gasteiger partial charge in [0.05, 0.1) is 7.11 Å². The van der Waals surface area contributed by atoms with Crippen LogP contribution in [0.4, 0.5) is 0 Å². The van der Waals surface area contributed by atoms with Gasteiger partial charge < -0.3 is 10.1 Å². The Hall–Kier alpha value is -1.09. The summed E-state index contributed by atoms with van der Waals surface area (Å²) in [7, 11) is 3.67. The fourth-order valence-electron chi connectivity index (χ4n) is 2.22. The molecule has 1 N–H and O–H groups in total. The smallest absolute Gasteiger partial charge is 0.217 e. The largest absolute Gasteiger partial charge is 0.481 e. The Labute approximate surface area is 98.2 Å². The maximum absolute atomic E-state index is 5.32. The zero-order valence-corrected chi connectivity index (χ0v) is 10.7. The van der Waals surface area contributed by atoms with Crippen LogP contribution >= 0.6 is 0 Å². The minimum Gasteiger partial charge on any atom is -0.481 e. The van der Waals surface area contributed by atoms with Crippen LogP contribution in [0.15, 0.2) is 18.3 Å². The molecule has 1 heterocycles. The summed E-state index contributed by atoms with van der Waals surface area (Å²) < 4.78 is 5.32. The number of nitrogens with one attached hydrogen (secondary N) is 1. The quantitative estimate of drug-likeness (QED) is 0.803. The molecule has 0 aromatic carbocycles. The van der Waals surface area contributed by atoms with E-state index >= 15 is 0 Å². The van der Waals surface area contributed by atoms with Crippen LogP contribution in [-0.4, -0.2) is 19.1 Å². The van der Waals surface area contributed by atoms with Crippen LogP contribution in [0.3, 0.4) is 0 Å². The lowest BCUT2D eigenvalue weighted by molar-refractivity contribution is 0.333. The molecule has 3 heteroatoms. The lowest BCUT2D eigenvalue weighted by Gasteiger charge is -2.26. The van der Waals surface area contributed by atoms with Crippen LogP contribution in [0.1, 0.15) is 38.3 Å². The molecule has 0 aliphatic rings. The standard InChI is InChI=1S/C13H22N2O/c1-5-10(6-2)12(14-3)11-8-7-9-15-13(11)16-4/h7-10,12,14H,5-6H2,1-4H3. The number of rotatable bonds is 6. The number of hydrogen-bond acceptors (Lipinski definition) is 3. The highest BCUT2D eigenvalue weighted by Crippen LogP contribution is 2.31. The summed E-state index contributed by atoms with van der Waals surface area (Å²) in [6.07, 6.45) is 4.07. The van der Waals surface area contributed by atoms with Crippen molar-refractivity contribution in [3.8, 4) is 5.88 Å². The number of methoxy groups -OCH3 is 1. The molecule has 1 atom stereocenters. The first-order valence-corrected chi connectivity index (χ1v) is 5.94. The molecular weight excluding hydrogens is 200 g/mol. The third-order valence-electron chi connectivity index (χ3n) is 3.16. The predicted molar refractivity (Wildman–Crippen MR) is 66.7 cm³/mol. The van der Waals surface area contributed by atoms with Crippen LogP contribution < -0.4 is 10.1 Å². The molecule has 0 fully saturated rings. The third kappa shape index (κ3) is 2.73. The van der Waals surface area contributed by atoms with Crippen molar-refractivity contribution in [1.29, 1.82) is 0 Å². The highest BCUT2D eigenvalue weighted by atomic mass is 16.5. The lowest BCUT2D eigenvalue weighted by atomic mass is 9.89. The molecule has 16 heavy (non-hydrogen) atoms. The van der Waals surface area contributed by atoms with Gasteiger partial charge in [-0.15, -0.1) is 0 Å². The normalized spacial score (nSPS) is 12.8. The van der Waals surface area contributed by atoms with E-state index in [0.29, 0.717) is 12.0 Å². The van der Waals surface area contributed by atoms with E-state index in [9.17, 15) is 0 Å². The molecule has 90 valence electrons. The zero-order chi connectivity index (χ0) is 12.0. The number of ether oxygens (including phenoxy) is 1. The molecule has 0 saturated heterocycles. The van der Waals surface area contributed by atoms with Crippen LogP contribution in [-0.2, 0) is 0 Å². The molecule has 0 bridgehead atoms. The van der Waals surface area contributed by atoms with Crippen LogP contribution in [0.2, 0.25) is 0 Å². The molecule has 1 aromatic rings. The fraction of sp³-hybridized carbons (Fsp3) is 0.615. The molecule has 3 nitrogen and oxygen atoms in total. The van der Waals surface area contributed by atoms with E-state index in [1.165, 1.54) is 0 Å². The van der Waals surface area contributed by atoms with Gasteiger partial charge in [-0.1, -0.05) is 32.8 Å². The second-order valence-electron chi connectivity index (χ2n) is 3.94. The number of aromatic nitrogens is 1. The van der Waals surface area contributed by atoms with E-state index in [4.69, 9.17) is 4.74 Å². The average Bonchev–Trinajstić information content (AvgIpc) is 2.35. The SMILES string of the molecule is CCC(CC)C(NC)c1cccnc1OC. The Morgan fingerprint density at radius 1 is 1.38 bits per heavy atom. The first-order chi connectivity index (χ1) is 7.78. The summed E-state index contributed by atoms with van der Waals surface area (Å²) in [5.74, 6) is 1.34. The van der Waals surface area contributed by atoms with Crippen LogP contribution in [0.25, 0.3) is 0 Å². The van der Waals surface area contributed by atoms with Crippen molar-refractivity contribution in [2.24, 2.45) is 5.92 Å². The van der Waals surface area contributed by atoms with Crippen molar-refractivity contribution >= 4 is 0 Å². The number of nitrogens with zero attached hydrogens (tertiary/aromatic N) is 1. The minimum atomic E-state index is 0.318. The molecule has 0 aliphatic heterocycles. The van der Waals surface area contributed by atoms with E-state index in [0.717, 1.165) is 24.3 Å². The van der Waals surface area contributed by atoms with Gasteiger partial charge in [0.25, 0.3) is 0 Å². The minimum absolute atomic E-state index is 0.318. The van der Waals surface area contributed by atoms with Crippen molar-refractivity contribution in [1.82, 2.24) is 10.3 Å². The first kappa shape index (κ1) is 13.0. The van der Waals surface area contributed by atoms with Crippen molar-refractivity contribution in [2.75, 3.05) is 14.2 Å². The maximum Gasteiger partial charge on any atom is 0.217 e. The van der Waals surface area contributed by atoms with Gasteiger partial charge >= 0.3 is 0 Å². The third-order valence-corrected chi connectivity index (χ3v) is 3.16. The predicted octanol–water partition coefficient (Wildman–Crippen LogP) is 2.79. The highest BCUT2D eigenvalue weighted by molar-refractivity contribution is 5.29. The van der Waals surface area contributed by atoms with Gasteiger partial charge in [0.1, 0.15) is 0 Å². The Morgan fingerprint density at radius 2 is 2.06 bits per heavy atom. The van der Waals surface area contributed by atoms with E-state index < -0.39 is 0 Å². The molecule has 1 aromatic heterocycles. The summed E-state index contributed by atoms with van der Waals surface area (Å²) in [5.41, 5.74) is 1.15. The Morgan fingerprint density at radius 3 is 2.56 bits per heavy atom. The van der Waals surface area contributed by atoms with Crippen molar-refractivity contribution < 1.29 is 4.74 Å². The van der Waals surface area contributed by atoms with Gasteiger partial charge in [0.15, 0.2) is 0 Å². The van der Waals surface area contributed by atoms with Gasteiger partial charge in [-0.2, -0.15) is 0 Å². The number of hydrogen-bond donors (Lipinski definition) is 1. The maximum atomic E-state index is 5.32. The topological polar surface area (TPSA) is 34.2 Å². The molecule has 1 unspecified atom stereocenters. The molecule has 0 spiro atoms. The molecule has 0 saturated carbocycles. The van der Waals surface area contributed by atoms with Gasteiger partial charge in [0.2, 0.25) is 5.88 Å². The Balaban J connectivity index is 3.02. The van der Waals surface area contributed by atoms with Gasteiger partial charge in [-0.05, 0) is 19.0 Å². The van der Waals surface area contributed by atoms with Crippen molar-refractivity contribution in [3.05, 3.63) is 23.9 Å². The van der Waals surface area contributed by atoms with E-state index in [1.54, 1.807) is 13.3 Å². The second-order valence-corrected chi connectivity index (χ2v) is 3.94. The second kappa shape index (κ2) is 6.48. The van der Waals surface area contributed by atoms with E-state index in [2.05, 4.69) is 30.2 Å². The highest BCUT2D eigenvalue weighted by Gasteiger charge is 2.22.